The molecular formula is C16H17N3O2. The smallest absolute Gasteiger partial charge is 0.326 e. The van der Waals surface area contributed by atoms with Crippen LogP contribution in [-0.2, 0) is 6.42 Å². The summed E-state index contributed by atoms with van der Waals surface area (Å²) in [5, 5.41) is 2.88. The third-order valence-electron chi connectivity index (χ3n) is 3.59. The number of ether oxygens (including phenoxy) is 1. The highest BCUT2D eigenvalue weighted by molar-refractivity contribution is 6.05. The van der Waals surface area contributed by atoms with Crippen LogP contribution in [0.3, 0.4) is 0 Å². The van der Waals surface area contributed by atoms with Crippen molar-refractivity contribution in [2.24, 2.45) is 0 Å². The van der Waals surface area contributed by atoms with Crippen molar-refractivity contribution in [2.75, 3.05) is 29.6 Å². The van der Waals surface area contributed by atoms with E-state index in [1.54, 1.807) is 18.1 Å². The Labute approximate surface area is 123 Å². The monoisotopic (exact) mass is 283 g/mol. The van der Waals surface area contributed by atoms with Crippen molar-refractivity contribution < 1.29 is 9.53 Å². The van der Waals surface area contributed by atoms with Crippen LogP contribution >= 0.6 is 0 Å². The number of rotatable bonds is 2. The highest BCUT2D eigenvalue weighted by Gasteiger charge is 2.26. The van der Waals surface area contributed by atoms with Gasteiger partial charge in [0.15, 0.2) is 0 Å². The molecule has 2 aromatic rings. The summed E-state index contributed by atoms with van der Waals surface area (Å²) in [4.78, 5) is 14.1. The molecule has 2 aromatic carbocycles. The number of carbonyl (C=O) groups excluding carboxylic acids is 1. The molecule has 5 nitrogen and oxygen atoms in total. The van der Waals surface area contributed by atoms with Crippen LogP contribution < -0.4 is 20.7 Å². The number of para-hydroxylation sites is 1. The number of fused-ring (bicyclic) bond motifs is 1. The Hall–Kier alpha value is -2.69. The van der Waals surface area contributed by atoms with Crippen molar-refractivity contribution in [2.45, 2.75) is 6.42 Å². The molecule has 2 amide bonds. The van der Waals surface area contributed by atoms with Crippen LogP contribution in [0.25, 0.3) is 0 Å². The fourth-order valence-corrected chi connectivity index (χ4v) is 2.58. The van der Waals surface area contributed by atoms with Gasteiger partial charge in [0, 0.05) is 18.3 Å². The van der Waals surface area contributed by atoms with E-state index in [9.17, 15) is 4.79 Å². The van der Waals surface area contributed by atoms with Crippen LogP contribution in [0.2, 0.25) is 0 Å². The lowest BCUT2D eigenvalue weighted by atomic mass is 10.1. The molecule has 0 atom stereocenters. The fourth-order valence-electron chi connectivity index (χ4n) is 2.58. The predicted molar refractivity (Wildman–Crippen MR) is 83.9 cm³/mol. The number of urea groups is 1. The maximum absolute atomic E-state index is 12.4. The van der Waals surface area contributed by atoms with Gasteiger partial charge in [-0.3, -0.25) is 4.90 Å². The Morgan fingerprint density at radius 1 is 1.29 bits per heavy atom. The number of methoxy groups -OCH3 is 1. The molecule has 0 spiro atoms. The van der Waals surface area contributed by atoms with Crippen molar-refractivity contribution in [1.82, 2.24) is 0 Å². The number of hydrogen-bond donors (Lipinski definition) is 2. The van der Waals surface area contributed by atoms with Crippen molar-refractivity contribution in [1.29, 1.82) is 0 Å². The van der Waals surface area contributed by atoms with E-state index in [4.69, 9.17) is 10.5 Å². The molecule has 1 heterocycles. The average Bonchev–Trinajstić information content (AvgIpc) is 2.93. The van der Waals surface area contributed by atoms with Crippen LogP contribution in [0.1, 0.15) is 5.56 Å². The van der Waals surface area contributed by atoms with Gasteiger partial charge in [-0.25, -0.2) is 4.79 Å². The number of nitrogens with two attached hydrogens (primary N) is 1. The molecule has 0 saturated heterocycles. The lowest BCUT2D eigenvalue weighted by Crippen LogP contribution is -2.33. The topological polar surface area (TPSA) is 67.6 Å². The Balaban J connectivity index is 1.82. The lowest BCUT2D eigenvalue weighted by Gasteiger charge is -2.19. The second-order valence-electron chi connectivity index (χ2n) is 4.92. The zero-order valence-electron chi connectivity index (χ0n) is 11.8. The van der Waals surface area contributed by atoms with Crippen molar-refractivity contribution in [3.63, 3.8) is 0 Å². The first-order valence-corrected chi connectivity index (χ1v) is 6.79. The first kappa shape index (κ1) is 13.3. The van der Waals surface area contributed by atoms with Gasteiger partial charge in [0.05, 0.1) is 18.5 Å². The molecule has 1 aliphatic heterocycles. The number of nitrogens with zero attached hydrogens (tertiary/aromatic N) is 1. The third kappa shape index (κ3) is 2.50. The van der Waals surface area contributed by atoms with E-state index in [0.717, 1.165) is 17.7 Å². The van der Waals surface area contributed by atoms with E-state index in [0.29, 0.717) is 23.7 Å². The number of nitrogen functional groups attached to an aromatic ring is 1. The summed E-state index contributed by atoms with van der Waals surface area (Å²) in [5.41, 5.74) is 9.25. The molecular weight excluding hydrogens is 266 g/mol. The molecule has 0 aromatic heterocycles. The van der Waals surface area contributed by atoms with E-state index in [1.165, 1.54) is 0 Å². The standard InChI is InChI=1S/C16H17N3O2/c1-21-13-6-3-5-12(10-13)18-16(20)19-9-8-11-4-2-7-14(17)15(11)19/h2-7,10H,8-9,17H2,1H3,(H,18,20). The van der Waals surface area contributed by atoms with Crippen molar-refractivity contribution in [3.8, 4) is 5.75 Å². The summed E-state index contributed by atoms with van der Waals surface area (Å²) >= 11 is 0. The molecule has 3 N–H and O–H groups in total. The summed E-state index contributed by atoms with van der Waals surface area (Å²) in [6.45, 7) is 0.638. The summed E-state index contributed by atoms with van der Waals surface area (Å²) in [6.07, 6.45) is 0.825. The van der Waals surface area contributed by atoms with Gasteiger partial charge in [-0.15, -0.1) is 0 Å². The first-order chi connectivity index (χ1) is 10.2. The van der Waals surface area contributed by atoms with Gasteiger partial charge in [-0.1, -0.05) is 18.2 Å². The van der Waals surface area contributed by atoms with Crippen molar-refractivity contribution in [3.05, 3.63) is 48.0 Å². The minimum atomic E-state index is -0.181. The van der Waals surface area contributed by atoms with Crippen molar-refractivity contribution >= 4 is 23.1 Å². The number of amides is 2. The number of carbonyl (C=O) groups is 1. The number of anilines is 3. The van der Waals surface area contributed by atoms with Gasteiger partial charge in [-0.2, -0.15) is 0 Å². The molecule has 3 rings (SSSR count). The van der Waals surface area contributed by atoms with Gasteiger partial charge in [0.1, 0.15) is 5.75 Å². The average molecular weight is 283 g/mol. The molecule has 0 saturated carbocycles. The van der Waals surface area contributed by atoms with Crippen LogP contribution in [-0.4, -0.2) is 19.7 Å². The van der Waals surface area contributed by atoms with Crippen LogP contribution in [0.15, 0.2) is 42.5 Å². The minimum absolute atomic E-state index is 0.181. The van der Waals surface area contributed by atoms with Gasteiger partial charge in [-0.05, 0) is 30.2 Å². The van der Waals surface area contributed by atoms with Gasteiger partial charge >= 0.3 is 6.03 Å². The van der Waals surface area contributed by atoms with Gasteiger partial charge < -0.3 is 15.8 Å². The molecule has 5 heteroatoms. The summed E-state index contributed by atoms with van der Waals surface area (Å²) in [5.74, 6) is 0.703. The number of nitrogens with one attached hydrogen (secondary N) is 1. The lowest BCUT2D eigenvalue weighted by molar-refractivity contribution is 0.257. The van der Waals surface area contributed by atoms with E-state index in [2.05, 4.69) is 5.32 Å². The minimum Gasteiger partial charge on any atom is -0.497 e. The number of benzene rings is 2. The molecule has 0 aliphatic carbocycles. The van der Waals surface area contributed by atoms with Crippen LogP contribution in [0.5, 0.6) is 5.75 Å². The Bertz CT molecular complexity index is 685. The predicted octanol–water partition coefficient (Wildman–Crippen LogP) is 2.87. The van der Waals surface area contributed by atoms with E-state index >= 15 is 0 Å². The summed E-state index contributed by atoms with van der Waals surface area (Å²) in [7, 11) is 1.60. The second kappa shape index (κ2) is 5.36. The second-order valence-corrected chi connectivity index (χ2v) is 4.92. The highest BCUT2D eigenvalue weighted by atomic mass is 16.5. The highest BCUT2D eigenvalue weighted by Crippen LogP contribution is 2.34. The van der Waals surface area contributed by atoms with Crippen LogP contribution in [0, 0.1) is 0 Å². The van der Waals surface area contributed by atoms with Gasteiger partial charge in [0.2, 0.25) is 0 Å². The normalized spacial score (nSPS) is 12.9. The third-order valence-corrected chi connectivity index (χ3v) is 3.59. The van der Waals surface area contributed by atoms with E-state index < -0.39 is 0 Å². The zero-order chi connectivity index (χ0) is 14.8. The largest absolute Gasteiger partial charge is 0.497 e. The van der Waals surface area contributed by atoms with Crippen LogP contribution in [0.4, 0.5) is 21.9 Å². The Morgan fingerprint density at radius 3 is 2.90 bits per heavy atom. The number of hydrogen-bond acceptors (Lipinski definition) is 3. The maximum Gasteiger partial charge on any atom is 0.326 e. The quantitative estimate of drug-likeness (QED) is 0.833. The Kier molecular flexibility index (Phi) is 3.39. The summed E-state index contributed by atoms with van der Waals surface area (Å²) in [6, 6.07) is 12.8. The molecule has 0 fully saturated rings. The molecule has 0 unspecified atom stereocenters. The van der Waals surface area contributed by atoms with E-state index in [1.807, 2.05) is 36.4 Å². The maximum atomic E-state index is 12.4. The molecule has 0 bridgehead atoms. The fraction of sp³-hybridized carbons (Fsp3) is 0.188. The molecule has 0 radical (unpaired) electrons. The Morgan fingerprint density at radius 2 is 2.10 bits per heavy atom. The molecule has 21 heavy (non-hydrogen) atoms. The first-order valence-electron chi connectivity index (χ1n) is 6.79. The summed E-state index contributed by atoms with van der Waals surface area (Å²) < 4.78 is 5.15. The SMILES string of the molecule is COc1cccc(NC(=O)N2CCc3cccc(N)c32)c1. The molecule has 108 valence electrons. The zero-order valence-corrected chi connectivity index (χ0v) is 11.8. The van der Waals surface area contributed by atoms with Gasteiger partial charge in [0.25, 0.3) is 0 Å². The molecule has 1 aliphatic rings. The van der Waals surface area contributed by atoms with E-state index in [-0.39, 0.29) is 6.03 Å².